The third kappa shape index (κ3) is 3.49. The zero-order valence-electron chi connectivity index (χ0n) is 10.3. The van der Waals surface area contributed by atoms with E-state index in [2.05, 4.69) is 45.7 Å². The van der Waals surface area contributed by atoms with Crippen LogP contribution < -0.4 is 5.32 Å². The monoisotopic (exact) mass is 313 g/mol. The molecule has 0 bridgehead atoms. The topological polar surface area (TPSA) is 12.0 Å². The molecule has 1 aliphatic carbocycles. The summed E-state index contributed by atoms with van der Waals surface area (Å²) < 4.78 is 1.28. The summed E-state index contributed by atoms with van der Waals surface area (Å²) >= 11 is 5.59. The molecule has 1 unspecified atom stereocenters. The second kappa shape index (κ2) is 6.81. The lowest BCUT2D eigenvalue weighted by Crippen LogP contribution is -2.20. The molecular weight excluding hydrogens is 294 g/mol. The fourth-order valence-corrected chi connectivity index (χ4v) is 3.54. The van der Waals surface area contributed by atoms with Gasteiger partial charge in [0.05, 0.1) is 0 Å². The van der Waals surface area contributed by atoms with Crippen molar-refractivity contribution < 1.29 is 0 Å². The van der Waals surface area contributed by atoms with E-state index in [1.165, 1.54) is 47.0 Å². The Morgan fingerprint density at radius 1 is 1.41 bits per heavy atom. The highest BCUT2D eigenvalue weighted by molar-refractivity contribution is 9.10. The summed E-state index contributed by atoms with van der Waals surface area (Å²) in [5.41, 5.74) is 3.01. The van der Waals surface area contributed by atoms with E-state index >= 15 is 0 Å². The minimum absolute atomic E-state index is 0.580. The minimum atomic E-state index is 0.580. The van der Waals surface area contributed by atoms with Crippen LogP contribution in [-0.4, -0.2) is 18.6 Å². The van der Waals surface area contributed by atoms with Gasteiger partial charge >= 0.3 is 0 Å². The largest absolute Gasteiger partial charge is 0.310 e. The van der Waals surface area contributed by atoms with Crippen molar-refractivity contribution in [3.8, 4) is 0 Å². The molecule has 94 valence electrons. The average molecular weight is 314 g/mol. The maximum Gasteiger partial charge on any atom is 0.0326 e. The number of fused-ring (bicyclic) bond motifs is 1. The summed E-state index contributed by atoms with van der Waals surface area (Å²) in [6.07, 6.45) is 7.25. The highest BCUT2D eigenvalue weighted by Gasteiger charge is 2.22. The molecule has 1 aromatic rings. The van der Waals surface area contributed by atoms with Gasteiger partial charge in [0.15, 0.2) is 0 Å². The van der Waals surface area contributed by atoms with Crippen molar-refractivity contribution in [1.29, 1.82) is 0 Å². The maximum atomic E-state index is 3.69. The van der Waals surface area contributed by atoms with Crippen molar-refractivity contribution in [3.05, 3.63) is 33.8 Å². The number of hydrogen-bond acceptors (Lipinski definition) is 2. The van der Waals surface area contributed by atoms with E-state index < -0.39 is 0 Å². The van der Waals surface area contributed by atoms with E-state index in [4.69, 9.17) is 0 Å². The molecule has 2 rings (SSSR count). The van der Waals surface area contributed by atoms with Crippen molar-refractivity contribution in [3.63, 3.8) is 0 Å². The summed E-state index contributed by atoms with van der Waals surface area (Å²) in [4.78, 5) is 0. The molecule has 0 heterocycles. The first-order chi connectivity index (χ1) is 8.33. The van der Waals surface area contributed by atoms with Gasteiger partial charge in [-0.05, 0) is 61.4 Å². The van der Waals surface area contributed by atoms with E-state index in [9.17, 15) is 0 Å². The van der Waals surface area contributed by atoms with Gasteiger partial charge in [-0.2, -0.15) is 11.8 Å². The van der Waals surface area contributed by atoms with Gasteiger partial charge in [0.1, 0.15) is 0 Å². The molecule has 0 radical (unpaired) electrons. The second-order valence-electron chi connectivity index (χ2n) is 4.55. The van der Waals surface area contributed by atoms with Gasteiger partial charge in [-0.25, -0.2) is 0 Å². The van der Waals surface area contributed by atoms with Gasteiger partial charge in [0.2, 0.25) is 0 Å². The van der Waals surface area contributed by atoms with Gasteiger partial charge in [0.25, 0.3) is 0 Å². The minimum Gasteiger partial charge on any atom is -0.310 e. The van der Waals surface area contributed by atoms with Crippen molar-refractivity contribution in [2.24, 2.45) is 0 Å². The predicted molar refractivity (Wildman–Crippen MR) is 80.8 cm³/mol. The van der Waals surface area contributed by atoms with E-state index in [1.54, 1.807) is 0 Å². The third-order valence-corrected chi connectivity index (χ3v) is 4.82. The first kappa shape index (κ1) is 13.4. The molecule has 17 heavy (non-hydrogen) atoms. The van der Waals surface area contributed by atoms with E-state index in [0.717, 1.165) is 6.54 Å². The Labute approximate surface area is 117 Å². The molecule has 1 aromatic carbocycles. The van der Waals surface area contributed by atoms with Crippen LogP contribution in [0.15, 0.2) is 22.7 Å². The molecule has 0 saturated heterocycles. The average Bonchev–Trinajstić information content (AvgIpc) is 2.74. The van der Waals surface area contributed by atoms with Crippen molar-refractivity contribution in [1.82, 2.24) is 5.32 Å². The Bertz CT molecular complexity index is 367. The SMILES string of the molecule is CSCCCCNC1CCc2c(Br)cccc21. The van der Waals surface area contributed by atoms with Crippen molar-refractivity contribution in [2.75, 3.05) is 18.6 Å². The molecular formula is C14H20BrNS. The Hall–Kier alpha value is 0.0100. The Kier molecular flexibility index (Phi) is 5.39. The molecule has 0 aliphatic heterocycles. The van der Waals surface area contributed by atoms with Gasteiger partial charge in [-0.1, -0.05) is 28.1 Å². The molecule has 1 nitrogen and oxygen atoms in total. The highest BCUT2D eigenvalue weighted by Crippen LogP contribution is 2.35. The molecule has 1 aliphatic rings. The second-order valence-corrected chi connectivity index (χ2v) is 6.39. The number of rotatable bonds is 6. The lowest BCUT2D eigenvalue weighted by molar-refractivity contribution is 0.518. The Balaban J connectivity index is 1.83. The van der Waals surface area contributed by atoms with Gasteiger partial charge < -0.3 is 5.32 Å². The smallest absolute Gasteiger partial charge is 0.0326 e. The van der Waals surface area contributed by atoms with Crippen LogP contribution in [0.2, 0.25) is 0 Å². The van der Waals surface area contributed by atoms with Crippen LogP contribution in [0.3, 0.4) is 0 Å². The lowest BCUT2D eigenvalue weighted by Gasteiger charge is -2.14. The molecule has 1 atom stereocenters. The third-order valence-electron chi connectivity index (χ3n) is 3.38. The van der Waals surface area contributed by atoms with E-state index in [-0.39, 0.29) is 0 Å². The number of benzene rings is 1. The Morgan fingerprint density at radius 3 is 3.12 bits per heavy atom. The maximum absolute atomic E-state index is 3.69. The standard InChI is InChI=1S/C14H20BrNS/c1-17-10-3-2-9-16-14-8-7-11-12(14)5-4-6-13(11)15/h4-6,14,16H,2-3,7-10H2,1H3. The van der Waals surface area contributed by atoms with Crippen molar-refractivity contribution >= 4 is 27.7 Å². The van der Waals surface area contributed by atoms with Crippen LogP contribution in [0.5, 0.6) is 0 Å². The van der Waals surface area contributed by atoms with Crippen LogP contribution >= 0.6 is 27.7 Å². The molecule has 0 amide bonds. The summed E-state index contributed by atoms with van der Waals surface area (Å²) in [5, 5.41) is 3.69. The van der Waals surface area contributed by atoms with Crippen LogP contribution in [0.25, 0.3) is 0 Å². The molecule has 0 saturated carbocycles. The summed E-state index contributed by atoms with van der Waals surface area (Å²) in [7, 11) is 0. The van der Waals surface area contributed by atoms with E-state index in [0.29, 0.717) is 6.04 Å². The van der Waals surface area contributed by atoms with Gasteiger partial charge in [-0.3, -0.25) is 0 Å². The molecule has 0 spiro atoms. The molecule has 3 heteroatoms. The normalized spacial score (nSPS) is 18.4. The summed E-state index contributed by atoms with van der Waals surface area (Å²) in [6, 6.07) is 7.15. The molecule has 1 N–H and O–H groups in total. The number of halogens is 1. The van der Waals surface area contributed by atoms with E-state index in [1.807, 2.05) is 11.8 Å². The lowest BCUT2D eigenvalue weighted by atomic mass is 10.1. The zero-order chi connectivity index (χ0) is 12.1. The zero-order valence-corrected chi connectivity index (χ0v) is 12.7. The predicted octanol–water partition coefficient (Wildman–Crippen LogP) is 4.17. The fraction of sp³-hybridized carbons (Fsp3) is 0.571. The van der Waals surface area contributed by atoms with Crippen LogP contribution in [0.4, 0.5) is 0 Å². The van der Waals surface area contributed by atoms with Crippen molar-refractivity contribution in [2.45, 2.75) is 31.7 Å². The first-order valence-electron chi connectivity index (χ1n) is 6.32. The number of hydrogen-bond donors (Lipinski definition) is 1. The summed E-state index contributed by atoms with van der Waals surface area (Å²) in [6.45, 7) is 1.15. The molecule has 0 fully saturated rings. The van der Waals surface area contributed by atoms with Gasteiger partial charge in [0, 0.05) is 10.5 Å². The quantitative estimate of drug-likeness (QED) is 0.791. The molecule has 0 aromatic heterocycles. The summed E-state index contributed by atoms with van der Waals surface area (Å²) in [5.74, 6) is 1.29. The number of nitrogens with one attached hydrogen (secondary N) is 1. The Morgan fingerprint density at radius 2 is 2.29 bits per heavy atom. The van der Waals surface area contributed by atoms with Crippen LogP contribution in [-0.2, 0) is 6.42 Å². The van der Waals surface area contributed by atoms with Gasteiger partial charge in [-0.15, -0.1) is 0 Å². The fourth-order valence-electron chi connectivity index (χ4n) is 2.47. The number of thioether (sulfide) groups is 1. The van der Waals surface area contributed by atoms with Crippen LogP contribution in [0.1, 0.15) is 36.4 Å². The number of unbranched alkanes of at least 4 members (excludes halogenated alkanes) is 1. The van der Waals surface area contributed by atoms with Crippen LogP contribution in [0, 0.1) is 0 Å². The first-order valence-corrected chi connectivity index (χ1v) is 8.51. The highest BCUT2D eigenvalue weighted by atomic mass is 79.9.